The molecule has 1 rings (SSSR count). The van der Waals surface area contributed by atoms with Crippen molar-refractivity contribution in [2.45, 2.75) is 57.8 Å². The van der Waals surface area contributed by atoms with Crippen molar-refractivity contribution in [1.29, 1.82) is 0 Å². The number of carbonyl (C=O) groups excluding carboxylic acids is 1. The average Bonchev–Trinajstić information content (AvgIpc) is 2.56. The molecule has 0 aromatic rings. The van der Waals surface area contributed by atoms with Gasteiger partial charge in [-0.2, -0.15) is 0 Å². The van der Waals surface area contributed by atoms with Crippen LogP contribution in [-0.4, -0.2) is 63.6 Å². The summed E-state index contributed by atoms with van der Waals surface area (Å²) >= 11 is 0. The molecule has 0 saturated carbocycles. The molecular formula is C14H26N2O5. The van der Waals surface area contributed by atoms with E-state index in [1.807, 2.05) is 4.90 Å². The van der Waals surface area contributed by atoms with Gasteiger partial charge in [0.1, 0.15) is 5.60 Å². The van der Waals surface area contributed by atoms with E-state index in [2.05, 4.69) is 5.32 Å². The molecule has 3 N–H and O–H groups in total. The molecule has 7 nitrogen and oxygen atoms in total. The summed E-state index contributed by atoms with van der Waals surface area (Å²) in [6.45, 7) is 9.46. The summed E-state index contributed by atoms with van der Waals surface area (Å²) in [6.07, 6.45) is -0.465. The van der Waals surface area contributed by atoms with E-state index in [1.54, 1.807) is 34.6 Å². The van der Waals surface area contributed by atoms with E-state index in [0.717, 1.165) is 0 Å². The second kappa shape index (κ2) is 5.81. The summed E-state index contributed by atoms with van der Waals surface area (Å²) in [5.41, 5.74) is -2.97. The molecule has 1 fully saturated rings. The normalized spacial score (nSPS) is 23.9. The quantitative estimate of drug-likeness (QED) is 0.711. The lowest BCUT2D eigenvalue weighted by Crippen LogP contribution is -2.57. The van der Waals surface area contributed by atoms with Crippen molar-refractivity contribution in [2.75, 3.05) is 19.6 Å². The summed E-state index contributed by atoms with van der Waals surface area (Å²) in [4.78, 5) is 25.3. The highest BCUT2D eigenvalue weighted by atomic mass is 16.6. The summed E-state index contributed by atoms with van der Waals surface area (Å²) < 4.78 is 5.13. The number of likely N-dealkylation sites (tertiary alicyclic amines) is 1. The Morgan fingerprint density at radius 3 is 2.29 bits per heavy atom. The van der Waals surface area contributed by atoms with E-state index in [1.165, 1.54) is 0 Å². The van der Waals surface area contributed by atoms with Crippen LogP contribution in [0.1, 0.15) is 41.0 Å². The maximum Gasteiger partial charge on any atom is 0.408 e. The minimum absolute atomic E-state index is 0.144. The molecule has 0 bridgehead atoms. The number of aliphatic carboxylic acids is 1. The zero-order valence-corrected chi connectivity index (χ0v) is 13.4. The molecular weight excluding hydrogens is 276 g/mol. The fraction of sp³-hybridized carbons (Fsp3) is 0.857. The monoisotopic (exact) mass is 302 g/mol. The maximum atomic E-state index is 11.9. The van der Waals surface area contributed by atoms with Gasteiger partial charge in [-0.1, -0.05) is 0 Å². The first-order chi connectivity index (χ1) is 9.33. The molecule has 1 aliphatic rings. The van der Waals surface area contributed by atoms with Crippen molar-refractivity contribution in [2.24, 2.45) is 0 Å². The Morgan fingerprint density at radius 2 is 1.86 bits per heavy atom. The van der Waals surface area contributed by atoms with Crippen LogP contribution in [0, 0.1) is 0 Å². The number of carbonyl (C=O) groups is 2. The number of hydrogen-bond donors (Lipinski definition) is 3. The maximum absolute atomic E-state index is 11.9. The van der Waals surface area contributed by atoms with Crippen molar-refractivity contribution in [1.82, 2.24) is 10.2 Å². The van der Waals surface area contributed by atoms with Crippen LogP contribution in [0.15, 0.2) is 0 Å². The first kappa shape index (κ1) is 17.7. The lowest BCUT2D eigenvalue weighted by Gasteiger charge is -2.29. The molecule has 1 heterocycles. The molecule has 122 valence electrons. The van der Waals surface area contributed by atoms with E-state index in [9.17, 15) is 19.8 Å². The number of rotatable bonds is 4. The fourth-order valence-corrected chi connectivity index (χ4v) is 2.40. The van der Waals surface area contributed by atoms with Gasteiger partial charge >= 0.3 is 12.1 Å². The molecule has 1 amide bonds. The van der Waals surface area contributed by atoms with Crippen molar-refractivity contribution in [3.05, 3.63) is 0 Å². The number of hydrogen-bond acceptors (Lipinski definition) is 5. The lowest BCUT2D eigenvalue weighted by molar-refractivity contribution is -0.144. The fourth-order valence-electron chi connectivity index (χ4n) is 2.40. The van der Waals surface area contributed by atoms with Gasteiger partial charge in [0.05, 0.1) is 5.60 Å². The molecule has 1 unspecified atom stereocenters. The molecule has 1 atom stereocenters. The average molecular weight is 302 g/mol. The first-order valence-electron chi connectivity index (χ1n) is 7.02. The van der Waals surface area contributed by atoms with Crippen LogP contribution in [0.2, 0.25) is 0 Å². The van der Waals surface area contributed by atoms with E-state index >= 15 is 0 Å². The molecule has 0 aromatic carbocycles. The van der Waals surface area contributed by atoms with Crippen LogP contribution in [0.4, 0.5) is 4.79 Å². The number of ether oxygens (including phenoxy) is 1. The molecule has 0 aromatic heterocycles. The highest BCUT2D eigenvalue weighted by Crippen LogP contribution is 2.24. The summed E-state index contributed by atoms with van der Waals surface area (Å²) in [5.74, 6) is -1.09. The standard InChI is InChI=1S/C14H26N2O5/c1-12(2,3)21-11(19)15-14(10(17)18)6-7-16(9-14)8-13(4,5)20/h20H,6-9H2,1-5H3,(H,15,19)(H,17,18). The van der Waals surface area contributed by atoms with Gasteiger partial charge in [-0.3, -0.25) is 4.90 Å². The number of β-amino-alcohol motifs (C(OH)–C–C–N with tert-alkyl or cyclic N) is 1. The van der Waals surface area contributed by atoms with Crippen molar-refractivity contribution in [3.63, 3.8) is 0 Å². The van der Waals surface area contributed by atoms with Gasteiger partial charge in [0.2, 0.25) is 0 Å². The van der Waals surface area contributed by atoms with Gasteiger partial charge < -0.3 is 20.3 Å². The molecule has 0 spiro atoms. The number of amides is 1. The zero-order valence-electron chi connectivity index (χ0n) is 13.4. The number of nitrogens with zero attached hydrogens (tertiary/aromatic N) is 1. The zero-order chi connectivity index (χ0) is 16.5. The van der Waals surface area contributed by atoms with Crippen LogP contribution in [0.5, 0.6) is 0 Å². The van der Waals surface area contributed by atoms with Gasteiger partial charge in [-0.25, -0.2) is 9.59 Å². The molecule has 1 aliphatic heterocycles. The highest BCUT2D eigenvalue weighted by Gasteiger charge is 2.47. The van der Waals surface area contributed by atoms with Crippen LogP contribution in [0.25, 0.3) is 0 Å². The number of aliphatic hydroxyl groups is 1. The molecule has 7 heteroatoms. The molecule has 1 saturated heterocycles. The van der Waals surface area contributed by atoms with Crippen molar-refractivity contribution < 1.29 is 24.5 Å². The third-order valence-corrected chi connectivity index (χ3v) is 3.11. The first-order valence-corrected chi connectivity index (χ1v) is 7.02. The van der Waals surface area contributed by atoms with Gasteiger partial charge in [-0.15, -0.1) is 0 Å². The number of alkyl carbamates (subject to hydrolysis) is 1. The molecule has 0 aliphatic carbocycles. The van der Waals surface area contributed by atoms with Gasteiger partial charge in [-0.05, 0) is 41.0 Å². The predicted molar refractivity (Wildman–Crippen MR) is 77.1 cm³/mol. The summed E-state index contributed by atoms with van der Waals surface area (Å²) in [7, 11) is 0. The van der Waals surface area contributed by atoms with E-state index in [0.29, 0.717) is 13.1 Å². The predicted octanol–water partition coefficient (Wildman–Crippen LogP) is 0.811. The number of carboxylic acid groups (broad SMARTS) is 1. The Kier molecular flexibility index (Phi) is 4.90. The Balaban J connectivity index is 2.74. The third-order valence-electron chi connectivity index (χ3n) is 3.11. The largest absolute Gasteiger partial charge is 0.479 e. The highest BCUT2D eigenvalue weighted by molar-refractivity contribution is 5.85. The van der Waals surface area contributed by atoms with Crippen LogP contribution < -0.4 is 5.32 Å². The van der Waals surface area contributed by atoms with Crippen LogP contribution >= 0.6 is 0 Å². The smallest absolute Gasteiger partial charge is 0.408 e. The second-order valence-corrected chi connectivity index (χ2v) is 7.29. The number of nitrogens with one attached hydrogen (secondary N) is 1. The Bertz CT molecular complexity index is 411. The van der Waals surface area contributed by atoms with Gasteiger partial charge in [0.25, 0.3) is 0 Å². The topological polar surface area (TPSA) is 99.1 Å². The third kappa shape index (κ3) is 5.51. The molecule has 0 radical (unpaired) electrons. The van der Waals surface area contributed by atoms with Crippen LogP contribution in [-0.2, 0) is 9.53 Å². The lowest BCUT2D eigenvalue weighted by atomic mass is 9.99. The van der Waals surface area contributed by atoms with Crippen molar-refractivity contribution in [3.8, 4) is 0 Å². The Morgan fingerprint density at radius 1 is 1.29 bits per heavy atom. The number of carboxylic acids is 1. The van der Waals surface area contributed by atoms with Crippen LogP contribution in [0.3, 0.4) is 0 Å². The minimum Gasteiger partial charge on any atom is -0.479 e. The Hall–Kier alpha value is -1.34. The van der Waals surface area contributed by atoms with Crippen molar-refractivity contribution >= 4 is 12.1 Å². The SMILES string of the molecule is CC(C)(O)CN1CCC(NC(=O)OC(C)(C)C)(C(=O)O)C1. The summed E-state index contributed by atoms with van der Waals surface area (Å²) in [5, 5.41) is 21.8. The minimum atomic E-state index is -1.37. The molecule has 21 heavy (non-hydrogen) atoms. The van der Waals surface area contributed by atoms with E-state index in [4.69, 9.17) is 4.74 Å². The summed E-state index contributed by atoms with van der Waals surface area (Å²) in [6, 6.07) is 0. The van der Waals surface area contributed by atoms with Gasteiger partial charge in [0.15, 0.2) is 5.54 Å². The van der Waals surface area contributed by atoms with E-state index in [-0.39, 0.29) is 13.0 Å². The second-order valence-electron chi connectivity index (χ2n) is 7.29. The Labute approximate surface area is 125 Å². The van der Waals surface area contributed by atoms with E-state index < -0.39 is 28.8 Å². The van der Waals surface area contributed by atoms with Gasteiger partial charge in [0, 0.05) is 19.6 Å².